The average molecular weight is 280 g/mol. The second-order valence-corrected chi connectivity index (χ2v) is 6.38. The third-order valence-corrected chi connectivity index (χ3v) is 4.68. The van der Waals surface area contributed by atoms with Crippen molar-refractivity contribution in [3.8, 4) is 5.75 Å². The number of hydrogen-bond acceptors (Lipinski definition) is 4. The molecule has 0 aliphatic carbocycles. The molecule has 0 spiro atoms. The van der Waals surface area contributed by atoms with Crippen LogP contribution in [0.25, 0.3) is 0 Å². The van der Waals surface area contributed by atoms with Crippen molar-refractivity contribution in [1.29, 1.82) is 0 Å². The van der Waals surface area contributed by atoms with Gasteiger partial charge in [0.1, 0.15) is 5.75 Å². The smallest absolute Gasteiger partial charge is 0.144 e. The SMILES string of the molecule is CCCOc1cc(NCC2CCCCS2)ccc1N. The summed E-state index contributed by atoms with van der Waals surface area (Å²) in [5, 5.41) is 4.24. The van der Waals surface area contributed by atoms with Gasteiger partial charge < -0.3 is 15.8 Å². The Kier molecular flexibility index (Phi) is 5.70. The van der Waals surface area contributed by atoms with Crippen LogP contribution in [0.15, 0.2) is 18.2 Å². The molecule has 106 valence electrons. The lowest BCUT2D eigenvalue weighted by molar-refractivity contribution is 0.319. The Balaban J connectivity index is 1.88. The number of nitrogens with one attached hydrogen (secondary N) is 1. The number of rotatable bonds is 6. The maximum absolute atomic E-state index is 5.91. The van der Waals surface area contributed by atoms with E-state index in [0.29, 0.717) is 12.3 Å². The molecule has 0 aromatic heterocycles. The number of benzene rings is 1. The minimum absolute atomic E-state index is 0.714. The molecule has 1 atom stereocenters. The molecule has 2 rings (SSSR count). The maximum atomic E-state index is 5.91. The van der Waals surface area contributed by atoms with E-state index in [0.717, 1.165) is 29.7 Å². The summed E-state index contributed by atoms with van der Waals surface area (Å²) in [5.41, 5.74) is 7.73. The van der Waals surface area contributed by atoms with Gasteiger partial charge in [0.2, 0.25) is 0 Å². The van der Waals surface area contributed by atoms with E-state index in [9.17, 15) is 0 Å². The monoisotopic (exact) mass is 280 g/mol. The Morgan fingerprint density at radius 2 is 2.32 bits per heavy atom. The average Bonchev–Trinajstić information content (AvgIpc) is 2.46. The Morgan fingerprint density at radius 1 is 1.42 bits per heavy atom. The van der Waals surface area contributed by atoms with Gasteiger partial charge in [-0.1, -0.05) is 13.3 Å². The highest BCUT2D eigenvalue weighted by atomic mass is 32.2. The van der Waals surface area contributed by atoms with Gasteiger partial charge in [0.25, 0.3) is 0 Å². The van der Waals surface area contributed by atoms with E-state index in [2.05, 4.69) is 24.0 Å². The third-order valence-electron chi connectivity index (χ3n) is 3.28. The van der Waals surface area contributed by atoms with E-state index in [-0.39, 0.29) is 0 Å². The quantitative estimate of drug-likeness (QED) is 0.779. The second-order valence-electron chi connectivity index (χ2n) is 4.97. The van der Waals surface area contributed by atoms with Crippen LogP contribution in [0.3, 0.4) is 0 Å². The lowest BCUT2D eigenvalue weighted by Crippen LogP contribution is -2.20. The van der Waals surface area contributed by atoms with Crippen LogP contribution in [-0.4, -0.2) is 24.2 Å². The Hall–Kier alpha value is -1.03. The zero-order valence-corrected chi connectivity index (χ0v) is 12.5. The summed E-state index contributed by atoms with van der Waals surface area (Å²) in [5.74, 6) is 2.10. The van der Waals surface area contributed by atoms with E-state index >= 15 is 0 Å². The highest BCUT2D eigenvalue weighted by Gasteiger charge is 2.13. The van der Waals surface area contributed by atoms with Crippen molar-refractivity contribution in [1.82, 2.24) is 0 Å². The molecule has 0 radical (unpaired) electrons. The van der Waals surface area contributed by atoms with Crippen molar-refractivity contribution in [2.75, 3.05) is 30.0 Å². The number of hydrogen-bond donors (Lipinski definition) is 2. The van der Waals surface area contributed by atoms with E-state index in [4.69, 9.17) is 10.5 Å². The van der Waals surface area contributed by atoms with Crippen LogP contribution in [0.5, 0.6) is 5.75 Å². The van der Waals surface area contributed by atoms with Gasteiger partial charge in [-0.3, -0.25) is 0 Å². The fourth-order valence-electron chi connectivity index (χ4n) is 2.18. The molecule has 1 unspecified atom stereocenters. The fraction of sp³-hybridized carbons (Fsp3) is 0.600. The van der Waals surface area contributed by atoms with E-state index in [1.807, 2.05) is 18.2 Å². The molecular weight excluding hydrogens is 256 g/mol. The first-order valence-corrected chi connectivity index (χ1v) is 8.22. The fourth-order valence-corrected chi connectivity index (χ4v) is 3.42. The van der Waals surface area contributed by atoms with Crippen LogP contribution in [0.2, 0.25) is 0 Å². The van der Waals surface area contributed by atoms with E-state index < -0.39 is 0 Å². The van der Waals surface area contributed by atoms with Crippen LogP contribution < -0.4 is 15.8 Å². The first-order valence-electron chi connectivity index (χ1n) is 7.17. The van der Waals surface area contributed by atoms with Crippen molar-refractivity contribution in [2.45, 2.75) is 37.9 Å². The molecule has 1 aliphatic heterocycles. The Bertz CT molecular complexity index is 392. The molecular formula is C15H24N2OS. The van der Waals surface area contributed by atoms with Crippen LogP contribution in [-0.2, 0) is 0 Å². The summed E-state index contributed by atoms with van der Waals surface area (Å²) >= 11 is 2.09. The second kappa shape index (κ2) is 7.53. The lowest BCUT2D eigenvalue weighted by atomic mass is 10.2. The number of nitrogens with two attached hydrogens (primary N) is 1. The maximum Gasteiger partial charge on any atom is 0.144 e. The van der Waals surface area contributed by atoms with Gasteiger partial charge >= 0.3 is 0 Å². The molecule has 1 aromatic carbocycles. The van der Waals surface area contributed by atoms with Crippen molar-refractivity contribution >= 4 is 23.1 Å². The van der Waals surface area contributed by atoms with Gasteiger partial charge in [0.05, 0.1) is 12.3 Å². The third kappa shape index (κ3) is 4.53. The highest BCUT2D eigenvalue weighted by Crippen LogP contribution is 2.28. The molecule has 1 aliphatic rings. The molecule has 19 heavy (non-hydrogen) atoms. The first-order chi connectivity index (χ1) is 9.29. The van der Waals surface area contributed by atoms with Crippen molar-refractivity contribution in [3.05, 3.63) is 18.2 Å². The van der Waals surface area contributed by atoms with Crippen LogP contribution in [0, 0.1) is 0 Å². The molecule has 0 saturated carbocycles. The van der Waals surface area contributed by atoms with Crippen molar-refractivity contribution < 1.29 is 4.74 Å². The topological polar surface area (TPSA) is 47.3 Å². The van der Waals surface area contributed by atoms with Gasteiger partial charge in [-0.2, -0.15) is 11.8 Å². The zero-order chi connectivity index (χ0) is 13.5. The van der Waals surface area contributed by atoms with Crippen LogP contribution in [0.4, 0.5) is 11.4 Å². The van der Waals surface area contributed by atoms with Crippen LogP contribution in [0.1, 0.15) is 32.6 Å². The summed E-state index contributed by atoms with van der Waals surface area (Å²) in [7, 11) is 0. The van der Waals surface area contributed by atoms with Crippen molar-refractivity contribution in [2.24, 2.45) is 0 Å². The normalized spacial score (nSPS) is 19.1. The lowest BCUT2D eigenvalue weighted by Gasteiger charge is -2.22. The van der Waals surface area contributed by atoms with Gasteiger partial charge in [0, 0.05) is 23.5 Å². The first kappa shape index (κ1) is 14.4. The molecule has 0 amide bonds. The number of anilines is 2. The largest absolute Gasteiger partial charge is 0.491 e. The molecule has 3 nitrogen and oxygen atoms in total. The summed E-state index contributed by atoms with van der Waals surface area (Å²) in [4.78, 5) is 0. The summed E-state index contributed by atoms with van der Waals surface area (Å²) in [6.07, 6.45) is 5.06. The van der Waals surface area contributed by atoms with E-state index in [1.165, 1.54) is 25.0 Å². The standard InChI is InChI=1S/C15H24N2OS/c1-2-8-18-15-10-12(6-7-14(15)16)17-11-13-5-3-4-9-19-13/h6-7,10,13,17H,2-5,8-9,11,16H2,1H3. The Labute approximate surface area is 120 Å². The number of thioether (sulfide) groups is 1. The van der Waals surface area contributed by atoms with E-state index in [1.54, 1.807) is 0 Å². The molecule has 1 saturated heterocycles. The Morgan fingerprint density at radius 3 is 3.05 bits per heavy atom. The summed E-state index contributed by atoms with van der Waals surface area (Å²) < 4.78 is 5.65. The number of nitrogen functional groups attached to an aromatic ring is 1. The highest BCUT2D eigenvalue weighted by molar-refractivity contribution is 7.99. The van der Waals surface area contributed by atoms with Gasteiger partial charge in [0.15, 0.2) is 0 Å². The number of ether oxygens (including phenoxy) is 1. The molecule has 3 N–H and O–H groups in total. The molecule has 1 fully saturated rings. The predicted octanol–water partition coefficient (Wildman–Crippen LogP) is 3.76. The van der Waals surface area contributed by atoms with Gasteiger partial charge in [-0.25, -0.2) is 0 Å². The van der Waals surface area contributed by atoms with Gasteiger partial charge in [-0.15, -0.1) is 0 Å². The summed E-state index contributed by atoms with van der Waals surface area (Å²) in [6.45, 7) is 3.84. The van der Waals surface area contributed by atoms with Gasteiger partial charge in [-0.05, 0) is 37.1 Å². The van der Waals surface area contributed by atoms with Crippen molar-refractivity contribution in [3.63, 3.8) is 0 Å². The molecule has 1 heterocycles. The predicted molar refractivity (Wildman–Crippen MR) is 85.2 cm³/mol. The summed E-state index contributed by atoms with van der Waals surface area (Å²) in [6, 6.07) is 5.96. The minimum Gasteiger partial charge on any atom is -0.491 e. The zero-order valence-electron chi connectivity index (χ0n) is 11.7. The minimum atomic E-state index is 0.714. The van der Waals surface area contributed by atoms with Crippen LogP contribution >= 0.6 is 11.8 Å². The molecule has 4 heteroatoms. The molecule has 0 bridgehead atoms. The molecule has 1 aromatic rings.